The number of allylic oxidation sites excluding steroid dienone is 4. The van der Waals surface area contributed by atoms with E-state index in [1.54, 1.807) is 24.3 Å². The number of hydrogen-bond donors (Lipinski definition) is 2. The van der Waals surface area contributed by atoms with Crippen LogP contribution in [0.5, 0.6) is 0 Å². The molecule has 1 aromatic heterocycles. The molecule has 2 heterocycles. The van der Waals surface area contributed by atoms with Crippen LogP contribution in [0.1, 0.15) is 24.8 Å². The number of aliphatic hydroxyl groups is 1. The molecule has 1 aliphatic heterocycles. The van der Waals surface area contributed by atoms with E-state index in [0.29, 0.717) is 5.71 Å². The number of amides is 2. The van der Waals surface area contributed by atoms with Crippen molar-refractivity contribution < 1.29 is 14.7 Å². The highest BCUT2D eigenvalue weighted by atomic mass is 32.1. The van der Waals surface area contributed by atoms with Gasteiger partial charge in [0.25, 0.3) is 11.8 Å². The van der Waals surface area contributed by atoms with Crippen LogP contribution in [0.4, 0.5) is 5.13 Å². The summed E-state index contributed by atoms with van der Waals surface area (Å²) in [5, 5.41) is 21.6. The van der Waals surface area contributed by atoms with Gasteiger partial charge in [-0.05, 0) is 6.08 Å². The molecule has 23 heavy (non-hydrogen) atoms. The average Bonchev–Trinajstić information content (AvgIpc) is 2.96. The van der Waals surface area contributed by atoms with Gasteiger partial charge in [-0.25, -0.2) is 4.99 Å². The van der Waals surface area contributed by atoms with E-state index in [2.05, 4.69) is 20.5 Å². The number of aliphatic hydroxyl groups excluding tert-OH is 1. The van der Waals surface area contributed by atoms with Gasteiger partial charge in [-0.3, -0.25) is 14.9 Å². The molecule has 7 nitrogen and oxygen atoms in total. The van der Waals surface area contributed by atoms with Crippen molar-refractivity contribution in [3.63, 3.8) is 0 Å². The third-order valence-corrected chi connectivity index (χ3v) is 4.52. The number of fused-ring (bicyclic) bond motifs is 1. The van der Waals surface area contributed by atoms with Crippen LogP contribution in [0, 0.1) is 5.92 Å². The highest BCUT2D eigenvalue weighted by Gasteiger charge is 2.34. The predicted molar refractivity (Wildman–Crippen MR) is 86.5 cm³/mol. The zero-order valence-corrected chi connectivity index (χ0v) is 13.3. The Morgan fingerprint density at radius 2 is 2.13 bits per heavy atom. The molecule has 2 N–H and O–H groups in total. The zero-order valence-electron chi connectivity index (χ0n) is 12.5. The Morgan fingerprint density at radius 1 is 1.35 bits per heavy atom. The van der Waals surface area contributed by atoms with Crippen molar-refractivity contribution in [3.8, 4) is 0 Å². The first-order valence-corrected chi connectivity index (χ1v) is 7.84. The van der Waals surface area contributed by atoms with E-state index in [1.165, 1.54) is 11.3 Å². The number of dihydropyridines is 1. The lowest BCUT2D eigenvalue weighted by Crippen LogP contribution is -2.30. The minimum atomic E-state index is -0.764. The number of nitrogens with one attached hydrogen (secondary N) is 1. The van der Waals surface area contributed by atoms with Gasteiger partial charge in [0.05, 0.1) is 11.6 Å². The Kier molecular flexibility index (Phi) is 3.91. The van der Waals surface area contributed by atoms with Gasteiger partial charge in [0.1, 0.15) is 16.3 Å². The van der Waals surface area contributed by atoms with Crippen molar-refractivity contribution in [2.75, 3.05) is 5.32 Å². The van der Waals surface area contributed by atoms with E-state index in [0.717, 1.165) is 5.01 Å². The molecule has 0 radical (unpaired) electrons. The van der Waals surface area contributed by atoms with Gasteiger partial charge in [-0.1, -0.05) is 43.4 Å². The number of nitrogens with zero attached hydrogens (tertiary/aromatic N) is 3. The fourth-order valence-electron chi connectivity index (χ4n) is 2.20. The molecule has 1 aromatic rings. The SMILES string of the molecule is CC(C)c1nnc(NC(=O)C2=C(O)C3C=CC=CC3=NC2=O)s1. The summed E-state index contributed by atoms with van der Waals surface area (Å²) < 4.78 is 0. The maximum absolute atomic E-state index is 12.3. The molecule has 1 aliphatic carbocycles. The van der Waals surface area contributed by atoms with Crippen LogP contribution < -0.4 is 5.32 Å². The normalized spacial score (nSPS) is 19.9. The lowest BCUT2D eigenvalue weighted by Gasteiger charge is -2.21. The summed E-state index contributed by atoms with van der Waals surface area (Å²) >= 11 is 1.23. The van der Waals surface area contributed by atoms with Gasteiger partial charge < -0.3 is 5.11 Å². The Morgan fingerprint density at radius 3 is 2.83 bits per heavy atom. The molecule has 0 saturated heterocycles. The maximum atomic E-state index is 12.3. The number of rotatable bonds is 3. The second kappa shape index (κ2) is 5.88. The lowest BCUT2D eigenvalue weighted by atomic mass is 9.90. The van der Waals surface area contributed by atoms with E-state index in [-0.39, 0.29) is 22.4 Å². The third-order valence-electron chi connectivity index (χ3n) is 3.38. The molecule has 2 amide bonds. The summed E-state index contributed by atoms with van der Waals surface area (Å²) in [7, 11) is 0. The predicted octanol–water partition coefficient (Wildman–Crippen LogP) is 2.14. The molecular formula is C15H14N4O3S. The van der Waals surface area contributed by atoms with Crippen LogP contribution in [0.15, 0.2) is 40.6 Å². The summed E-state index contributed by atoms with van der Waals surface area (Å²) in [6, 6.07) is 0. The first-order chi connectivity index (χ1) is 11.0. The van der Waals surface area contributed by atoms with Crippen molar-refractivity contribution in [3.05, 3.63) is 40.6 Å². The number of anilines is 1. The fourth-order valence-corrected chi connectivity index (χ4v) is 2.94. The van der Waals surface area contributed by atoms with Crippen LogP contribution in [0.3, 0.4) is 0 Å². The van der Waals surface area contributed by atoms with Crippen LogP contribution in [0.2, 0.25) is 0 Å². The maximum Gasteiger partial charge on any atom is 0.286 e. The molecule has 118 valence electrons. The summed E-state index contributed by atoms with van der Waals surface area (Å²) in [5.41, 5.74) is 0.0598. The van der Waals surface area contributed by atoms with Gasteiger partial charge in [0.2, 0.25) is 5.13 Å². The lowest BCUT2D eigenvalue weighted by molar-refractivity contribution is -0.119. The average molecular weight is 330 g/mol. The molecule has 0 saturated carbocycles. The Bertz CT molecular complexity index is 801. The number of aliphatic imine (C=N–C) groups is 1. The van der Waals surface area contributed by atoms with E-state index in [1.807, 2.05) is 13.8 Å². The topological polar surface area (TPSA) is 105 Å². The standard InChI is InChI=1S/C15H14N4O3S/c1-7(2)14-18-19-15(23-14)17-13(22)10-11(20)8-5-3-4-6-9(8)16-12(10)21/h3-8,20H,1-2H3,(H,17,19,22). The Hall–Kier alpha value is -2.61. The first-order valence-electron chi connectivity index (χ1n) is 7.03. The second-order valence-corrected chi connectivity index (χ2v) is 6.39. The summed E-state index contributed by atoms with van der Waals surface area (Å²) in [5.74, 6) is -2.18. The van der Waals surface area contributed by atoms with E-state index >= 15 is 0 Å². The van der Waals surface area contributed by atoms with Crippen LogP contribution >= 0.6 is 11.3 Å². The van der Waals surface area contributed by atoms with Crippen molar-refractivity contribution in [2.45, 2.75) is 19.8 Å². The summed E-state index contributed by atoms with van der Waals surface area (Å²) in [6.07, 6.45) is 6.75. The van der Waals surface area contributed by atoms with Crippen LogP contribution in [0.25, 0.3) is 0 Å². The molecule has 1 unspecified atom stereocenters. The van der Waals surface area contributed by atoms with Crippen molar-refractivity contribution >= 4 is 34.0 Å². The van der Waals surface area contributed by atoms with Crippen molar-refractivity contribution in [2.24, 2.45) is 10.9 Å². The monoisotopic (exact) mass is 330 g/mol. The van der Waals surface area contributed by atoms with Gasteiger partial charge >= 0.3 is 0 Å². The Balaban J connectivity index is 1.85. The zero-order chi connectivity index (χ0) is 16.6. The molecular weight excluding hydrogens is 316 g/mol. The van der Waals surface area contributed by atoms with E-state index in [4.69, 9.17) is 0 Å². The molecule has 0 bridgehead atoms. The van der Waals surface area contributed by atoms with Gasteiger partial charge in [-0.15, -0.1) is 10.2 Å². The van der Waals surface area contributed by atoms with Crippen LogP contribution in [-0.2, 0) is 9.59 Å². The summed E-state index contributed by atoms with van der Waals surface area (Å²) in [4.78, 5) is 28.2. The third kappa shape index (κ3) is 2.85. The Labute approximate surface area is 136 Å². The molecule has 8 heteroatoms. The van der Waals surface area contributed by atoms with Crippen molar-refractivity contribution in [1.29, 1.82) is 0 Å². The molecule has 2 aliphatic rings. The van der Waals surface area contributed by atoms with Crippen LogP contribution in [-0.4, -0.2) is 32.8 Å². The smallest absolute Gasteiger partial charge is 0.286 e. The van der Waals surface area contributed by atoms with E-state index < -0.39 is 17.7 Å². The second-order valence-electron chi connectivity index (χ2n) is 5.38. The number of carbonyl (C=O) groups excluding carboxylic acids is 2. The minimum Gasteiger partial charge on any atom is -0.510 e. The fraction of sp³-hybridized carbons (Fsp3) is 0.267. The van der Waals surface area contributed by atoms with Gasteiger partial charge in [0.15, 0.2) is 0 Å². The molecule has 3 rings (SSSR count). The van der Waals surface area contributed by atoms with Crippen molar-refractivity contribution in [1.82, 2.24) is 10.2 Å². The molecule has 1 atom stereocenters. The molecule has 0 fully saturated rings. The largest absolute Gasteiger partial charge is 0.510 e. The highest BCUT2D eigenvalue weighted by Crippen LogP contribution is 2.27. The molecule has 0 aromatic carbocycles. The van der Waals surface area contributed by atoms with Gasteiger partial charge in [0, 0.05) is 5.92 Å². The first kappa shape index (κ1) is 15.3. The molecule has 0 spiro atoms. The van der Waals surface area contributed by atoms with E-state index in [9.17, 15) is 14.7 Å². The summed E-state index contributed by atoms with van der Waals surface area (Å²) in [6.45, 7) is 3.93. The highest BCUT2D eigenvalue weighted by molar-refractivity contribution is 7.15. The number of aromatic nitrogens is 2. The van der Waals surface area contributed by atoms with Gasteiger partial charge in [-0.2, -0.15) is 0 Å². The quantitative estimate of drug-likeness (QED) is 0.826. The number of carbonyl (C=O) groups is 2. The number of hydrogen-bond acceptors (Lipinski definition) is 6. The minimum absolute atomic E-state index is 0.188.